The fourth-order valence-corrected chi connectivity index (χ4v) is 4.76. The highest BCUT2D eigenvalue weighted by molar-refractivity contribution is 5.81. The number of nitro groups is 1. The molecule has 1 heterocycles. The van der Waals surface area contributed by atoms with E-state index < -0.39 is 4.92 Å². The number of hydrogen-bond donors (Lipinski definition) is 0. The molecule has 0 radical (unpaired) electrons. The van der Waals surface area contributed by atoms with Crippen molar-refractivity contribution in [2.24, 2.45) is 5.10 Å². The molecule has 9 heteroatoms. The Morgan fingerprint density at radius 1 is 1.05 bits per heavy atom. The molecule has 9 nitrogen and oxygen atoms in total. The molecular weight excluding hydrogens is 484 g/mol. The number of benzene rings is 3. The maximum absolute atomic E-state index is 13.4. The SMILES string of the molecule is COc1cc(C=Nn2c(C3CCCCC3)nc3ccccc3c2=O)ccc1OCc1ccc([N+](=O)[O-])cc1. The van der Waals surface area contributed by atoms with Crippen molar-refractivity contribution in [2.45, 2.75) is 44.6 Å². The highest BCUT2D eigenvalue weighted by Gasteiger charge is 2.22. The van der Waals surface area contributed by atoms with Gasteiger partial charge in [-0.05, 0) is 66.4 Å². The smallest absolute Gasteiger partial charge is 0.282 e. The van der Waals surface area contributed by atoms with Gasteiger partial charge in [0, 0.05) is 18.1 Å². The van der Waals surface area contributed by atoms with Gasteiger partial charge >= 0.3 is 0 Å². The molecule has 0 N–H and O–H groups in total. The Hall–Kier alpha value is -4.53. The Morgan fingerprint density at radius 3 is 2.55 bits per heavy atom. The van der Waals surface area contributed by atoms with Gasteiger partial charge in [0.1, 0.15) is 12.4 Å². The summed E-state index contributed by atoms with van der Waals surface area (Å²) in [6.07, 6.45) is 7.07. The highest BCUT2D eigenvalue weighted by atomic mass is 16.6. The standard InChI is InChI=1S/C29H28N4O5/c1-37-27-17-21(13-16-26(27)38-19-20-11-14-23(15-12-20)33(35)36)18-30-32-28(22-7-3-2-4-8-22)31-25-10-6-5-9-24(25)29(32)34/h5-6,9-18,22H,2-4,7-8,19H2,1H3. The Kier molecular flexibility index (Phi) is 7.44. The van der Waals surface area contributed by atoms with Crippen molar-refractivity contribution >= 4 is 22.8 Å². The van der Waals surface area contributed by atoms with Crippen molar-refractivity contribution in [3.8, 4) is 11.5 Å². The molecule has 0 spiro atoms. The third-order valence-corrected chi connectivity index (χ3v) is 6.80. The van der Waals surface area contributed by atoms with Crippen LogP contribution in [0.5, 0.6) is 11.5 Å². The quantitative estimate of drug-likeness (QED) is 0.167. The number of non-ortho nitro benzene ring substituents is 1. The van der Waals surface area contributed by atoms with E-state index in [1.807, 2.05) is 24.3 Å². The Morgan fingerprint density at radius 2 is 1.82 bits per heavy atom. The van der Waals surface area contributed by atoms with Gasteiger partial charge in [-0.25, -0.2) is 4.98 Å². The summed E-state index contributed by atoms with van der Waals surface area (Å²) in [5.41, 5.74) is 2.08. The lowest BCUT2D eigenvalue weighted by Gasteiger charge is -2.22. The van der Waals surface area contributed by atoms with E-state index in [1.54, 1.807) is 43.7 Å². The first-order valence-electron chi connectivity index (χ1n) is 12.6. The summed E-state index contributed by atoms with van der Waals surface area (Å²) in [7, 11) is 1.55. The zero-order valence-electron chi connectivity index (χ0n) is 21.1. The van der Waals surface area contributed by atoms with Crippen molar-refractivity contribution < 1.29 is 14.4 Å². The minimum absolute atomic E-state index is 0.0299. The van der Waals surface area contributed by atoms with Gasteiger partial charge in [0.2, 0.25) is 0 Å². The molecule has 1 aliphatic carbocycles. The van der Waals surface area contributed by atoms with E-state index in [4.69, 9.17) is 14.5 Å². The van der Waals surface area contributed by atoms with E-state index in [2.05, 4.69) is 5.10 Å². The normalized spacial score (nSPS) is 14.1. The summed E-state index contributed by atoms with van der Waals surface area (Å²) < 4.78 is 12.9. The number of para-hydroxylation sites is 1. The van der Waals surface area contributed by atoms with E-state index in [9.17, 15) is 14.9 Å². The van der Waals surface area contributed by atoms with Crippen LogP contribution in [0, 0.1) is 10.1 Å². The molecule has 5 rings (SSSR count). The number of nitro benzene ring substituents is 1. The third-order valence-electron chi connectivity index (χ3n) is 6.80. The first kappa shape index (κ1) is 25.1. The van der Waals surface area contributed by atoms with Crippen molar-refractivity contribution in [1.82, 2.24) is 9.66 Å². The number of ether oxygens (including phenoxy) is 2. The van der Waals surface area contributed by atoms with E-state index in [1.165, 1.54) is 23.2 Å². The van der Waals surface area contributed by atoms with E-state index in [0.717, 1.165) is 36.8 Å². The van der Waals surface area contributed by atoms with Crippen molar-refractivity contribution in [1.29, 1.82) is 0 Å². The average molecular weight is 513 g/mol. The highest BCUT2D eigenvalue weighted by Crippen LogP contribution is 2.32. The molecule has 1 aliphatic rings. The second-order valence-corrected chi connectivity index (χ2v) is 9.31. The molecule has 194 valence electrons. The summed E-state index contributed by atoms with van der Waals surface area (Å²) in [6.45, 7) is 0.227. The maximum atomic E-state index is 13.4. The molecule has 1 saturated carbocycles. The minimum Gasteiger partial charge on any atom is -0.493 e. The molecule has 0 aliphatic heterocycles. The number of hydrogen-bond acceptors (Lipinski definition) is 7. The minimum atomic E-state index is -0.436. The monoisotopic (exact) mass is 512 g/mol. The summed E-state index contributed by atoms with van der Waals surface area (Å²) in [6, 6.07) is 19.0. The van der Waals surface area contributed by atoms with Crippen molar-refractivity contribution in [2.75, 3.05) is 7.11 Å². The molecule has 0 bridgehead atoms. The van der Waals surface area contributed by atoms with Crippen LogP contribution in [-0.4, -0.2) is 27.9 Å². The maximum Gasteiger partial charge on any atom is 0.282 e. The largest absolute Gasteiger partial charge is 0.493 e. The molecule has 1 aromatic heterocycles. The molecule has 0 unspecified atom stereocenters. The fourth-order valence-electron chi connectivity index (χ4n) is 4.76. The van der Waals surface area contributed by atoms with Gasteiger partial charge in [0.05, 0.1) is 29.2 Å². The summed E-state index contributed by atoms with van der Waals surface area (Å²) in [5.74, 6) is 1.94. The van der Waals surface area contributed by atoms with Gasteiger partial charge in [0.25, 0.3) is 11.2 Å². The number of methoxy groups -OCH3 is 1. The summed E-state index contributed by atoms with van der Waals surface area (Å²) >= 11 is 0. The summed E-state index contributed by atoms with van der Waals surface area (Å²) in [4.78, 5) is 28.7. The lowest BCUT2D eigenvalue weighted by molar-refractivity contribution is -0.384. The molecule has 1 fully saturated rings. The predicted octanol–water partition coefficient (Wildman–Crippen LogP) is 5.82. The predicted molar refractivity (Wildman–Crippen MR) is 145 cm³/mol. The second-order valence-electron chi connectivity index (χ2n) is 9.31. The lowest BCUT2D eigenvalue weighted by atomic mass is 9.88. The first-order valence-corrected chi connectivity index (χ1v) is 12.6. The number of aromatic nitrogens is 2. The average Bonchev–Trinajstić information content (AvgIpc) is 2.96. The molecule has 38 heavy (non-hydrogen) atoms. The van der Waals surface area contributed by atoms with E-state index >= 15 is 0 Å². The van der Waals surface area contributed by atoms with Crippen LogP contribution < -0.4 is 15.0 Å². The lowest BCUT2D eigenvalue weighted by Crippen LogP contribution is -2.25. The molecule has 0 saturated heterocycles. The number of rotatable bonds is 8. The first-order chi connectivity index (χ1) is 18.5. The second kappa shape index (κ2) is 11.2. The van der Waals surface area contributed by atoms with Crippen LogP contribution >= 0.6 is 0 Å². The van der Waals surface area contributed by atoms with Crippen molar-refractivity contribution in [3.63, 3.8) is 0 Å². The Bertz CT molecular complexity index is 1540. The van der Waals surface area contributed by atoms with Crippen LogP contribution in [0.3, 0.4) is 0 Å². The summed E-state index contributed by atoms with van der Waals surface area (Å²) in [5, 5.41) is 16.0. The van der Waals surface area contributed by atoms with E-state index in [-0.39, 0.29) is 23.8 Å². The van der Waals surface area contributed by atoms with Crippen LogP contribution in [0.25, 0.3) is 10.9 Å². The molecular formula is C29H28N4O5. The van der Waals surface area contributed by atoms with Crippen LogP contribution in [0.4, 0.5) is 5.69 Å². The van der Waals surface area contributed by atoms with Gasteiger partial charge in [0.15, 0.2) is 11.5 Å². The Balaban J connectivity index is 1.40. The van der Waals surface area contributed by atoms with Gasteiger partial charge in [-0.2, -0.15) is 9.78 Å². The number of nitrogens with zero attached hydrogens (tertiary/aromatic N) is 4. The Labute approximate surface area is 219 Å². The zero-order chi connectivity index (χ0) is 26.5. The van der Waals surface area contributed by atoms with Crippen molar-refractivity contribution in [3.05, 3.63) is 104 Å². The van der Waals surface area contributed by atoms with E-state index in [0.29, 0.717) is 28.2 Å². The molecule has 3 aromatic carbocycles. The van der Waals surface area contributed by atoms with Gasteiger partial charge in [-0.15, -0.1) is 0 Å². The van der Waals surface area contributed by atoms with Gasteiger partial charge in [-0.1, -0.05) is 31.4 Å². The van der Waals surface area contributed by atoms with Crippen LogP contribution in [0.1, 0.15) is 55.0 Å². The number of fused-ring (bicyclic) bond motifs is 1. The third kappa shape index (κ3) is 5.41. The molecule has 0 atom stereocenters. The fraction of sp³-hybridized carbons (Fsp3) is 0.276. The zero-order valence-corrected chi connectivity index (χ0v) is 21.1. The molecule has 0 amide bonds. The van der Waals surface area contributed by atoms with Crippen LogP contribution in [-0.2, 0) is 6.61 Å². The van der Waals surface area contributed by atoms with Crippen LogP contribution in [0.15, 0.2) is 76.6 Å². The molecule has 4 aromatic rings. The van der Waals surface area contributed by atoms with Crippen LogP contribution in [0.2, 0.25) is 0 Å². The van der Waals surface area contributed by atoms with Gasteiger partial charge in [-0.3, -0.25) is 14.9 Å². The van der Waals surface area contributed by atoms with Gasteiger partial charge < -0.3 is 9.47 Å². The topological polar surface area (TPSA) is 109 Å².